The SMILES string of the molecule is CCC(=O)N(O)C[C@@H](Cc1ccccc1)C(=O)NC. The molecule has 0 spiro atoms. The number of nitrogens with one attached hydrogen (secondary N) is 1. The highest BCUT2D eigenvalue weighted by atomic mass is 16.5. The second-order valence-electron chi connectivity index (χ2n) is 4.33. The summed E-state index contributed by atoms with van der Waals surface area (Å²) in [6.07, 6.45) is 0.691. The lowest BCUT2D eigenvalue weighted by Gasteiger charge is -2.21. The van der Waals surface area contributed by atoms with Crippen LogP contribution in [0.4, 0.5) is 0 Å². The highest BCUT2D eigenvalue weighted by Crippen LogP contribution is 2.11. The van der Waals surface area contributed by atoms with Crippen molar-refractivity contribution in [2.24, 2.45) is 5.92 Å². The number of hydrogen-bond donors (Lipinski definition) is 2. The van der Waals surface area contributed by atoms with Crippen LogP contribution in [0.3, 0.4) is 0 Å². The van der Waals surface area contributed by atoms with Crippen molar-refractivity contribution in [3.63, 3.8) is 0 Å². The molecule has 1 atom stereocenters. The summed E-state index contributed by atoms with van der Waals surface area (Å²) in [5, 5.41) is 12.8. The number of rotatable bonds is 6. The molecule has 2 amide bonds. The molecule has 0 radical (unpaired) electrons. The predicted molar refractivity (Wildman–Crippen MR) is 71.5 cm³/mol. The average molecular weight is 264 g/mol. The van der Waals surface area contributed by atoms with Crippen molar-refractivity contribution >= 4 is 11.8 Å². The molecule has 0 aromatic heterocycles. The number of amides is 2. The first kappa shape index (κ1) is 15.2. The van der Waals surface area contributed by atoms with Crippen LogP contribution in [0.5, 0.6) is 0 Å². The van der Waals surface area contributed by atoms with E-state index in [9.17, 15) is 14.8 Å². The lowest BCUT2D eigenvalue weighted by atomic mass is 9.98. The third kappa shape index (κ3) is 4.71. The maximum absolute atomic E-state index is 11.8. The summed E-state index contributed by atoms with van der Waals surface area (Å²) in [4.78, 5) is 23.2. The Bertz CT molecular complexity index is 420. The van der Waals surface area contributed by atoms with Crippen LogP contribution in [0.2, 0.25) is 0 Å². The molecule has 0 aliphatic rings. The number of carbonyl (C=O) groups excluding carboxylic acids is 2. The van der Waals surface area contributed by atoms with Crippen LogP contribution in [0.25, 0.3) is 0 Å². The first-order valence-corrected chi connectivity index (χ1v) is 6.33. The fourth-order valence-electron chi connectivity index (χ4n) is 1.84. The largest absolute Gasteiger partial charge is 0.359 e. The zero-order valence-corrected chi connectivity index (χ0v) is 11.3. The minimum atomic E-state index is -0.465. The van der Waals surface area contributed by atoms with Crippen LogP contribution in [0, 0.1) is 5.92 Å². The van der Waals surface area contributed by atoms with Gasteiger partial charge in [0.2, 0.25) is 11.8 Å². The second-order valence-corrected chi connectivity index (χ2v) is 4.33. The Hall–Kier alpha value is -1.88. The fraction of sp³-hybridized carbons (Fsp3) is 0.429. The Labute approximate surface area is 113 Å². The molecule has 1 aromatic carbocycles. The third-order valence-corrected chi connectivity index (χ3v) is 2.93. The first-order valence-electron chi connectivity index (χ1n) is 6.33. The van der Waals surface area contributed by atoms with Gasteiger partial charge in [0, 0.05) is 13.5 Å². The van der Waals surface area contributed by atoms with Crippen LogP contribution in [0.1, 0.15) is 18.9 Å². The molecule has 19 heavy (non-hydrogen) atoms. The normalized spacial score (nSPS) is 11.7. The molecule has 5 heteroatoms. The summed E-state index contributed by atoms with van der Waals surface area (Å²) in [7, 11) is 1.55. The van der Waals surface area contributed by atoms with Crippen LogP contribution in [0.15, 0.2) is 30.3 Å². The Kier molecular flexibility index (Phi) is 6.02. The first-order chi connectivity index (χ1) is 9.08. The Morgan fingerprint density at radius 1 is 1.32 bits per heavy atom. The Morgan fingerprint density at radius 2 is 1.95 bits per heavy atom. The summed E-state index contributed by atoms with van der Waals surface area (Å²) in [6.45, 7) is 1.67. The van der Waals surface area contributed by atoms with Crippen molar-refractivity contribution in [2.45, 2.75) is 19.8 Å². The minimum Gasteiger partial charge on any atom is -0.359 e. The van der Waals surface area contributed by atoms with Gasteiger partial charge in [-0.1, -0.05) is 37.3 Å². The summed E-state index contributed by atoms with van der Waals surface area (Å²) in [5.41, 5.74) is 0.994. The van der Waals surface area contributed by atoms with E-state index in [0.29, 0.717) is 11.5 Å². The van der Waals surface area contributed by atoms with Gasteiger partial charge in [-0.3, -0.25) is 14.8 Å². The van der Waals surface area contributed by atoms with Gasteiger partial charge in [0.15, 0.2) is 0 Å². The van der Waals surface area contributed by atoms with Gasteiger partial charge < -0.3 is 5.32 Å². The van der Waals surface area contributed by atoms with Gasteiger partial charge in [0.1, 0.15) is 0 Å². The van der Waals surface area contributed by atoms with E-state index < -0.39 is 5.92 Å². The van der Waals surface area contributed by atoms with Crippen molar-refractivity contribution < 1.29 is 14.8 Å². The van der Waals surface area contributed by atoms with Gasteiger partial charge in [-0.05, 0) is 12.0 Å². The van der Waals surface area contributed by atoms with Gasteiger partial charge in [-0.25, -0.2) is 5.06 Å². The molecule has 0 unspecified atom stereocenters. The highest BCUT2D eigenvalue weighted by Gasteiger charge is 2.22. The van der Waals surface area contributed by atoms with Gasteiger partial charge in [0.05, 0.1) is 12.5 Å². The lowest BCUT2D eigenvalue weighted by molar-refractivity contribution is -0.168. The van der Waals surface area contributed by atoms with Gasteiger partial charge >= 0.3 is 0 Å². The van der Waals surface area contributed by atoms with Crippen LogP contribution in [-0.4, -0.2) is 35.7 Å². The lowest BCUT2D eigenvalue weighted by Crippen LogP contribution is -2.39. The molecule has 0 heterocycles. The van der Waals surface area contributed by atoms with Crippen molar-refractivity contribution in [1.82, 2.24) is 10.4 Å². The molecule has 0 saturated heterocycles. The van der Waals surface area contributed by atoms with E-state index >= 15 is 0 Å². The number of hydroxylamine groups is 2. The number of hydrogen-bond acceptors (Lipinski definition) is 3. The quantitative estimate of drug-likeness (QED) is 0.599. The maximum atomic E-state index is 11.8. The second kappa shape index (κ2) is 7.53. The van der Waals surface area contributed by atoms with Gasteiger partial charge in [0.25, 0.3) is 0 Å². The van der Waals surface area contributed by atoms with E-state index in [4.69, 9.17) is 0 Å². The van der Waals surface area contributed by atoms with E-state index in [2.05, 4.69) is 5.32 Å². The van der Waals surface area contributed by atoms with Crippen LogP contribution in [-0.2, 0) is 16.0 Å². The number of nitrogens with zero attached hydrogens (tertiary/aromatic N) is 1. The molecule has 0 aliphatic carbocycles. The van der Waals surface area contributed by atoms with Crippen molar-refractivity contribution in [3.8, 4) is 0 Å². The van der Waals surface area contributed by atoms with Crippen LogP contribution < -0.4 is 5.32 Å². The van der Waals surface area contributed by atoms with E-state index in [-0.39, 0.29) is 24.8 Å². The summed E-state index contributed by atoms with van der Waals surface area (Å²) in [5.74, 6) is -1.04. The smallest absolute Gasteiger partial charge is 0.245 e. The van der Waals surface area contributed by atoms with Crippen molar-refractivity contribution in [3.05, 3.63) is 35.9 Å². The molecule has 0 bridgehead atoms. The van der Waals surface area contributed by atoms with E-state index in [1.54, 1.807) is 14.0 Å². The summed E-state index contributed by atoms with van der Waals surface area (Å²) < 4.78 is 0. The highest BCUT2D eigenvalue weighted by molar-refractivity contribution is 5.80. The third-order valence-electron chi connectivity index (χ3n) is 2.93. The van der Waals surface area contributed by atoms with E-state index in [1.165, 1.54) is 0 Å². The molecular formula is C14H20N2O3. The van der Waals surface area contributed by atoms with E-state index in [0.717, 1.165) is 5.56 Å². The zero-order valence-electron chi connectivity index (χ0n) is 11.3. The van der Waals surface area contributed by atoms with E-state index in [1.807, 2.05) is 30.3 Å². The zero-order chi connectivity index (χ0) is 14.3. The van der Waals surface area contributed by atoms with Crippen LogP contribution >= 0.6 is 0 Å². The van der Waals surface area contributed by atoms with Gasteiger partial charge in [-0.15, -0.1) is 0 Å². The summed E-state index contributed by atoms with van der Waals surface area (Å²) in [6, 6.07) is 9.52. The van der Waals surface area contributed by atoms with Crippen molar-refractivity contribution in [2.75, 3.05) is 13.6 Å². The minimum absolute atomic E-state index is 0.00123. The molecule has 0 fully saturated rings. The monoisotopic (exact) mass is 264 g/mol. The average Bonchev–Trinajstić information content (AvgIpc) is 2.45. The maximum Gasteiger partial charge on any atom is 0.245 e. The van der Waals surface area contributed by atoms with Gasteiger partial charge in [-0.2, -0.15) is 0 Å². The molecule has 1 rings (SSSR count). The number of carbonyl (C=O) groups is 2. The topological polar surface area (TPSA) is 69.6 Å². The molecule has 0 saturated carbocycles. The molecule has 1 aromatic rings. The standard InChI is InChI=1S/C14H20N2O3/c1-3-13(17)16(19)10-12(14(18)15-2)9-11-7-5-4-6-8-11/h4-8,12,19H,3,9-10H2,1-2H3,(H,15,18)/t12-/m1/s1. The molecular weight excluding hydrogens is 244 g/mol. The molecule has 5 nitrogen and oxygen atoms in total. The molecule has 104 valence electrons. The Morgan fingerprint density at radius 3 is 2.47 bits per heavy atom. The Balaban J connectivity index is 2.73. The number of benzene rings is 1. The fourth-order valence-corrected chi connectivity index (χ4v) is 1.84. The molecule has 2 N–H and O–H groups in total. The molecule has 0 aliphatic heterocycles. The predicted octanol–water partition coefficient (Wildman–Crippen LogP) is 1.22. The van der Waals surface area contributed by atoms with Crippen molar-refractivity contribution in [1.29, 1.82) is 0 Å². The summed E-state index contributed by atoms with van der Waals surface area (Å²) >= 11 is 0.